The largest absolute Gasteiger partial charge is 0.444 e. The smallest absolute Gasteiger partial charge is 0.407 e. The first-order valence-corrected chi connectivity index (χ1v) is 6.75. The second-order valence-corrected chi connectivity index (χ2v) is 6.43. The molecule has 5 heteroatoms. The first kappa shape index (κ1) is 13.3. The Morgan fingerprint density at radius 3 is 2.89 bits per heavy atom. The zero-order valence-corrected chi connectivity index (χ0v) is 12.4. The van der Waals surface area contributed by atoms with Crippen molar-refractivity contribution in [2.75, 3.05) is 0 Å². The van der Waals surface area contributed by atoms with Gasteiger partial charge in [0.15, 0.2) is 0 Å². The van der Waals surface area contributed by atoms with Gasteiger partial charge in [-0.3, -0.25) is 4.98 Å². The molecule has 1 aliphatic rings. The Kier molecular flexibility index (Phi) is 3.61. The van der Waals surface area contributed by atoms with Crippen molar-refractivity contribution in [3.05, 3.63) is 28.0 Å². The van der Waals surface area contributed by atoms with Crippen molar-refractivity contribution in [1.29, 1.82) is 0 Å². The van der Waals surface area contributed by atoms with Crippen molar-refractivity contribution in [2.45, 2.75) is 45.3 Å². The number of ether oxygens (including phenoxy) is 1. The third kappa shape index (κ3) is 3.45. The SMILES string of the molecule is CC(C)(C)OC(=O)NC1Cc2cc(Br)cnc2C1. The molecule has 1 N–H and O–H groups in total. The lowest BCUT2D eigenvalue weighted by molar-refractivity contribution is 0.0506. The van der Waals surface area contributed by atoms with Crippen molar-refractivity contribution in [1.82, 2.24) is 10.3 Å². The van der Waals surface area contributed by atoms with Gasteiger partial charge in [-0.2, -0.15) is 0 Å². The summed E-state index contributed by atoms with van der Waals surface area (Å²) in [5, 5.41) is 2.89. The van der Waals surface area contributed by atoms with Crippen LogP contribution in [-0.2, 0) is 17.6 Å². The van der Waals surface area contributed by atoms with Crippen LogP contribution in [0.4, 0.5) is 4.79 Å². The maximum atomic E-state index is 11.7. The lowest BCUT2D eigenvalue weighted by Gasteiger charge is -2.21. The average Bonchev–Trinajstić information content (AvgIpc) is 2.55. The van der Waals surface area contributed by atoms with E-state index in [9.17, 15) is 4.79 Å². The number of aromatic nitrogens is 1. The lowest BCUT2D eigenvalue weighted by atomic mass is 10.2. The number of nitrogens with one attached hydrogen (secondary N) is 1. The molecule has 1 aromatic rings. The van der Waals surface area contributed by atoms with Gasteiger partial charge >= 0.3 is 6.09 Å². The summed E-state index contributed by atoms with van der Waals surface area (Å²) < 4.78 is 6.21. The molecule has 0 aliphatic heterocycles. The number of halogens is 1. The van der Waals surface area contributed by atoms with Crippen LogP contribution in [0.3, 0.4) is 0 Å². The van der Waals surface area contributed by atoms with E-state index in [0.29, 0.717) is 0 Å². The summed E-state index contributed by atoms with van der Waals surface area (Å²) in [5.74, 6) is 0. The molecule has 0 saturated carbocycles. The van der Waals surface area contributed by atoms with Crippen LogP contribution in [-0.4, -0.2) is 22.7 Å². The minimum atomic E-state index is -0.461. The van der Waals surface area contributed by atoms with E-state index in [0.717, 1.165) is 23.0 Å². The van der Waals surface area contributed by atoms with Gasteiger partial charge in [0.25, 0.3) is 0 Å². The third-order valence-corrected chi connectivity index (χ3v) is 3.09. The van der Waals surface area contributed by atoms with Gasteiger partial charge in [0.05, 0.1) is 0 Å². The molecule has 4 nitrogen and oxygen atoms in total. The van der Waals surface area contributed by atoms with Crippen LogP contribution < -0.4 is 5.32 Å². The Morgan fingerprint density at radius 2 is 2.22 bits per heavy atom. The summed E-state index contributed by atoms with van der Waals surface area (Å²) in [6.07, 6.45) is 3.00. The van der Waals surface area contributed by atoms with Gasteiger partial charge in [0.1, 0.15) is 5.60 Å². The molecular formula is C13H17BrN2O2. The van der Waals surface area contributed by atoms with E-state index in [1.54, 1.807) is 6.20 Å². The minimum absolute atomic E-state index is 0.0802. The Bertz CT molecular complexity index is 469. The summed E-state index contributed by atoms with van der Waals surface area (Å²) in [5.41, 5.74) is 1.78. The summed E-state index contributed by atoms with van der Waals surface area (Å²) in [7, 11) is 0. The van der Waals surface area contributed by atoms with Crippen molar-refractivity contribution < 1.29 is 9.53 Å². The second-order valence-electron chi connectivity index (χ2n) is 5.51. The highest BCUT2D eigenvalue weighted by molar-refractivity contribution is 9.10. The fourth-order valence-electron chi connectivity index (χ4n) is 2.02. The molecule has 98 valence electrons. The zero-order chi connectivity index (χ0) is 13.3. The van der Waals surface area contributed by atoms with E-state index in [1.165, 1.54) is 5.56 Å². The van der Waals surface area contributed by atoms with Crippen LogP contribution in [0, 0.1) is 0 Å². The van der Waals surface area contributed by atoms with Crippen LogP contribution in [0.25, 0.3) is 0 Å². The molecule has 1 heterocycles. The average molecular weight is 313 g/mol. The number of alkyl carbamates (subject to hydrolysis) is 1. The molecule has 18 heavy (non-hydrogen) atoms. The number of rotatable bonds is 1. The Hall–Kier alpha value is -1.10. The molecule has 1 aliphatic carbocycles. The lowest BCUT2D eigenvalue weighted by Crippen LogP contribution is -2.39. The van der Waals surface area contributed by atoms with Gasteiger partial charge in [-0.1, -0.05) is 0 Å². The fraction of sp³-hybridized carbons (Fsp3) is 0.538. The number of hydrogen-bond donors (Lipinski definition) is 1. The molecule has 0 bridgehead atoms. The number of fused-ring (bicyclic) bond motifs is 1. The summed E-state index contributed by atoms with van der Waals surface area (Å²) in [6.45, 7) is 5.57. The third-order valence-electron chi connectivity index (χ3n) is 2.65. The van der Waals surface area contributed by atoms with Gasteiger partial charge in [-0.25, -0.2) is 4.79 Å². The summed E-state index contributed by atoms with van der Waals surface area (Å²) in [6, 6.07) is 2.13. The summed E-state index contributed by atoms with van der Waals surface area (Å²) in [4.78, 5) is 16.0. The first-order valence-electron chi connectivity index (χ1n) is 5.96. The maximum absolute atomic E-state index is 11.7. The summed E-state index contributed by atoms with van der Waals surface area (Å²) >= 11 is 3.40. The van der Waals surface area contributed by atoms with E-state index in [-0.39, 0.29) is 12.1 Å². The fourth-order valence-corrected chi connectivity index (χ4v) is 2.40. The molecular weight excluding hydrogens is 296 g/mol. The normalized spacial score (nSPS) is 18.3. The molecule has 0 aromatic carbocycles. The molecule has 2 rings (SSSR count). The van der Waals surface area contributed by atoms with E-state index < -0.39 is 5.60 Å². The number of nitrogens with zero attached hydrogens (tertiary/aromatic N) is 1. The Labute approximate surface area is 115 Å². The second kappa shape index (κ2) is 4.88. The molecule has 0 spiro atoms. The number of carbonyl (C=O) groups excluding carboxylic acids is 1. The molecule has 0 radical (unpaired) electrons. The highest BCUT2D eigenvalue weighted by atomic mass is 79.9. The standard InChI is InChI=1S/C13H17BrN2O2/c1-13(2,3)18-12(17)16-10-5-8-4-9(14)7-15-11(8)6-10/h4,7,10H,5-6H2,1-3H3,(H,16,17). The molecule has 1 unspecified atom stereocenters. The molecule has 1 amide bonds. The number of amides is 1. The Morgan fingerprint density at radius 1 is 1.50 bits per heavy atom. The van der Waals surface area contributed by atoms with Gasteiger partial charge < -0.3 is 10.1 Å². The van der Waals surface area contributed by atoms with Crippen LogP contribution in [0.1, 0.15) is 32.0 Å². The van der Waals surface area contributed by atoms with E-state index in [2.05, 4.69) is 32.3 Å². The van der Waals surface area contributed by atoms with Crippen LogP contribution >= 0.6 is 15.9 Å². The topological polar surface area (TPSA) is 51.2 Å². The molecule has 0 saturated heterocycles. The minimum Gasteiger partial charge on any atom is -0.444 e. The van der Waals surface area contributed by atoms with Crippen molar-refractivity contribution in [2.24, 2.45) is 0 Å². The van der Waals surface area contributed by atoms with Crippen molar-refractivity contribution >= 4 is 22.0 Å². The number of hydrogen-bond acceptors (Lipinski definition) is 3. The van der Waals surface area contributed by atoms with E-state index in [1.807, 2.05) is 20.8 Å². The molecule has 1 aromatic heterocycles. The van der Waals surface area contributed by atoms with Crippen LogP contribution in [0.15, 0.2) is 16.7 Å². The van der Waals surface area contributed by atoms with Crippen LogP contribution in [0.5, 0.6) is 0 Å². The van der Waals surface area contributed by atoms with E-state index >= 15 is 0 Å². The van der Waals surface area contributed by atoms with Gasteiger partial charge in [0.2, 0.25) is 0 Å². The van der Waals surface area contributed by atoms with Gasteiger partial charge in [-0.15, -0.1) is 0 Å². The molecule has 1 atom stereocenters. The maximum Gasteiger partial charge on any atom is 0.407 e. The predicted molar refractivity (Wildman–Crippen MR) is 72.5 cm³/mol. The number of carbonyl (C=O) groups is 1. The first-order chi connectivity index (χ1) is 8.33. The van der Waals surface area contributed by atoms with Crippen molar-refractivity contribution in [3.63, 3.8) is 0 Å². The van der Waals surface area contributed by atoms with Gasteiger partial charge in [0, 0.05) is 28.8 Å². The van der Waals surface area contributed by atoms with Crippen LogP contribution in [0.2, 0.25) is 0 Å². The van der Waals surface area contributed by atoms with Gasteiger partial charge in [-0.05, 0) is 54.8 Å². The monoisotopic (exact) mass is 312 g/mol. The van der Waals surface area contributed by atoms with Crippen molar-refractivity contribution in [3.8, 4) is 0 Å². The predicted octanol–water partition coefficient (Wildman–Crippen LogP) is 2.84. The number of pyridine rings is 1. The highest BCUT2D eigenvalue weighted by Crippen LogP contribution is 2.23. The van der Waals surface area contributed by atoms with E-state index in [4.69, 9.17) is 4.74 Å². The highest BCUT2D eigenvalue weighted by Gasteiger charge is 2.26. The quantitative estimate of drug-likeness (QED) is 0.867. The zero-order valence-electron chi connectivity index (χ0n) is 10.8. The Balaban J connectivity index is 1.94. The molecule has 0 fully saturated rings.